The van der Waals surface area contributed by atoms with Crippen LogP contribution in [-0.2, 0) is 4.79 Å². The Bertz CT molecular complexity index is 1020. The third-order valence-corrected chi connectivity index (χ3v) is 5.69. The third kappa shape index (κ3) is 3.14. The summed E-state index contributed by atoms with van der Waals surface area (Å²) in [5, 5.41) is 16.2. The summed E-state index contributed by atoms with van der Waals surface area (Å²) in [5.74, 6) is -0.621. The summed E-state index contributed by atoms with van der Waals surface area (Å²) in [4.78, 5) is 25.2. The molecular weight excluding hydrogens is 342 g/mol. The minimum atomic E-state index is -0.658. The van der Waals surface area contributed by atoms with Crippen LogP contribution in [0.3, 0.4) is 0 Å². The smallest absolute Gasteiger partial charge is 0.345 e. The largest absolute Gasteiger partial charge is 0.422 e. The Kier molecular flexibility index (Phi) is 4.53. The van der Waals surface area contributed by atoms with Gasteiger partial charge in [0.2, 0.25) is 0 Å². The number of hydrogen-bond donors (Lipinski definition) is 0. The van der Waals surface area contributed by atoms with E-state index >= 15 is 0 Å². The van der Waals surface area contributed by atoms with Crippen molar-refractivity contribution in [2.24, 2.45) is 16.9 Å². The summed E-state index contributed by atoms with van der Waals surface area (Å²) in [7, 11) is 0. The van der Waals surface area contributed by atoms with Gasteiger partial charge in [-0.25, -0.2) is 9.80 Å². The van der Waals surface area contributed by atoms with E-state index in [1.54, 1.807) is 19.1 Å². The molecule has 0 N–H and O–H groups in total. The molecule has 1 saturated carbocycles. The summed E-state index contributed by atoms with van der Waals surface area (Å²) in [5.41, 5.74) is 0.820. The number of piperidine rings is 1. The van der Waals surface area contributed by atoms with Gasteiger partial charge in [0, 0.05) is 5.39 Å². The normalized spacial score (nSPS) is 25.9. The van der Waals surface area contributed by atoms with Gasteiger partial charge in [0.25, 0.3) is 5.91 Å². The van der Waals surface area contributed by atoms with Crippen LogP contribution in [0.4, 0.5) is 0 Å². The number of hydrazone groups is 1. The second-order valence-corrected chi connectivity index (χ2v) is 7.38. The maximum Gasteiger partial charge on any atom is 0.345 e. The predicted molar refractivity (Wildman–Crippen MR) is 101 cm³/mol. The number of benzene rings is 1. The number of hydrogen-bond acceptors (Lipinski definition) is 5. The molecule has 1 aliphatic carbocycles. The lowest BCUT2D eigenvalue weighted by atomic mass is 9.75. The molecule has 6 heteroatoms. The number of nitrogens with zero attached hydrogens (tertiary/aromatic N) is 3. The van der Waals surface area contributed by atoms with E-state index in [4.69, 9.17) is 4.42 Å². The zero-order valence-electron chi connectivity index (χ0n) is 15.2. The average molecular weight is 363 g/mol. The maximum atomic E-state index is 12.8. The van der Waals surface area contributed by atoms with Crippen molar-refractivity contribution in [2.75, 3.05) is 0 Å². The summed E-state index contributed by atoms with van der Waals surface area (Å²) in [6.07, 6.45) is 4.69. The Labute approximate surface area is 157 Å². The maximum absolute atomic E-state index is 12.8. The van der Waals surface area contributed by atoms with Crippen molar-refractivity contribution >= 4 is 22.6 Å². The van der Waals surface area contributed by atoms with Gasteiger partial charge in [-0.15, -0.1) is 0 Å². The third-order valence-electron chi connectivity index (χ3n) is 5.69. The molecule has 0 bridgehead atoms. The van der Waals surface area contributed by atoms with Gasteiger partial charge in [-0.2, -0.15) is 10.4 Å². The highest BCUT2D eigenvalue weighted by Crippen LogP contribution is 2.38. The fraction of sp³-hybridized carbons (Fsp3) is 0.429. The molecule has 138 valence electrons. The van der Waals surface area contributed by atoms with Gasteiger partial charge in [0.05, 0.1) is 23.4 Å². The molecule has 2 aromatic rings. The van der Waals surface area contributed by atoms with Crippen molar-refractivity contribution in [1.29, 1.82) is 5.26 Å². The van der Waals surface area contributed by atoms with Crippen molar-refractivity contribution in [1.82, 2.24) is 5.01 Å². The standard InChI is InChI=1S/C21H21N3O3/c1-13(17-11-15-7-3-5-9-19(15)27-21(17)26)23-24-18-8-4-2-6-14(18)10-16(12-22)20(24)25/h3,5,7,9,11,14,16,18H,2,4,6,8,10H2,1H3. The van der Waals surface area contributed by atoms with E-state index in [0.29, 0.717) is 29.2 Å². The second kappa shape index (κ2) is 6.99. The molecule has 27 heavy (non-hydrogen) atoms. The number of carbonyl (C=O) groups excluding carboxylic acids is 1. The molecule has 2 aliphatic rings. The molecule has 6 nitrogen and oxygen atoms in total. The van der Waals surface area contributed by atoms with Crippen LogP contribution in [0.5, 0.6) is 0 Å². The Morgan fingerprint density at radius 2 is 2.04 bits per heavy atom. The predicted octanol–water partition coefficient (Wildman–Crippen LogP) is 3.45. The van der Waals surface area contributed by atoms with Gasteiger partial charge in [-0.3, -0.25) is 4.79 Å². The number of fused-ring (bicyclic) bond motifs is 2. The minimum Gasteiger partial charge on any atom is -0.422 e. The number of carbonyl (C=O) groups is 1. The van der Waals surface area contributed by atoms with E-state index < -0.39 is 11.5 Å². The Balaban J connectivity index is 1.74. The fourth-order valence-electron chi connectivity index (χ4n) is 4.27. The zero-order chi connectivity index (χ0) is 19.0. The second-order valence-electron chi connectivity index (χ2n) is 7.38. The van der Waals surface area contributed by atoms with Crippen LogP contribution in [0, 0.1) is 23.2 Å². The molecular formula is C21H21N3O3. The van der Waals surface area contributed by atoms with E-state index in [1.165, 1.54) is 5.01 Å². The van der Waals surface area contributed by atoms with E-state index in [2.05, 4.69) is 11.2 Å². The molecule has 0 spiro atoms. The molecule has 2 heterocycles. The van der Waals surface area contributed by atoms with Crippen LogP contribution in [0.1, 0.15) is 44.6 Å². The number of para-hydroxylation sites is 1. The highest BCUT2D eigenvalue weighted by atomic mass is 16.4. The zero-order valence-corrected chi connectivity index (χ0v) is 15.2. The lowest BCUT2D eigenvalue weighted by Crippen LogP contribution is -2.51. The molecule has 0 radical (unpaired) electrons. The van der Waals surface area contributed by atoms with Crippen LogP contribution in [0.25, 0.3) is 11.0 Å². The Morgan fingerprint density at radius 3 is 2.85 bits per heavy atom. The molecule has 1 aromatic heterocycles. The average Bonchev–Trinajstić information content (AvgIpc) is 2.69. The molecule has 1 saturated heterocycles. The van der Waals surface area contributed by atoms with Gasteiger partial charge in [0.15, 0.2) is 0 Å². The minimum absolute atomic E-state index is 0.0123. The number of rotatable bonds is 2. The summed E-state index contributed by atoms with van der Waals surface area (Å²) in [6.45, 7) is 1.71. The molecule has 3 atom stereocenters. The van der Waals surface area contributed by atoms with Crippen molar-refractivity contribution < 1.29 is 9.21 Å². The van der Waals surface area contributed by atoms with Crippen molar-refractivity contribution in [2.45, 2.75) is 45.1 Å². The van der Waals surface area contributed by atoms with Gasteiger partial charge in [0.1, 0.15) is 11.5 Å². The summed E-state index contributed by atoms with van der Waals surface area (Å²) >= 11 is 0. The van der Waals surface area contributed by atoms with Gasteiger partial charge >= 0.3 is 5.63 Å². The van der Waals surface area contributed by atoms with E-state index in [9.17, 15) is 14.9 Å². The quantitative estimate of drug-likeness (QED) is 0.604. The van der Waals surface area contributed by atoms with Crippen LogP contribution in [0.2, 0.25) is 0 Å². The molecule has 4 rings (SSSR count). The Morgan fingerprint density at radius 1 is 1.26 bits per heavy atom. The molecule has 1 aliphatic heterocycles. The highest BCUT2D eigenvalue weighted by Gasteiger charge is 2.43. The van der Waals surface area contributed by atoms with Crippen LogP contribution >= 0.6 is 0 Å². The highest BCUT2D eigenvalue weighted by molar-refractivity contribution is 6.01. The van der Waals surface area contributed by atoms with E-state index in [1.807, 2.05) is 18.2 Å². The Hall–Kier alpha value is -2.94. The molecule has 1 aromatic carbocycles. The van der Waals surface area contributed by atoms with Gasteiger partial charge < -0.3 is 4.42 Å². The first-order valence-electron chi connectivity index (χ1n) is 9.39. The van der Waals surface area contributed by atoms with E-state index in [-0.39, 0.29) is 11.9 Å². The number of amides is 1. The van der Waals surface area contributed by atoms with Crippen molar-refractivity contribution in [3.63, 3.8) is 0 Å². The molecule has 2 fully saturated rings. The lowest BCUT2D eigenvalue weighted by molar-refractivity contribution is -0.143. The van der Waals surface area contributed by atoms with Gasteiger partial charge in [-0.05, 0) is 44.2 Å². The van der Waals surface area contributed by atoms with Crippen LogP contribution in [0.15, 0.2) is 44.6 Å². The van der Waals surface area contributed by atoms with E-state index in [0.717, 1.165) is 31.1 Å². The van der Waals surface area contributed by atoms with Gasteiger partial charge in [-0.1, -0.05) is 31.0 Å². The monoisotopic (exact) mass is 363 g/mol. The first kappa shape index (κ1) is 17.5. The molecule has 3 unspecified atom stereocenters. The first-order valence-corrected chi connectivity index (χ1v) is 9.39. The first-order chi connectivity index (χ1) is 13.1. The van der Waals surface area contributed by atoms with Crippen molar-refractivity contribution in [3.05, 3.63) is 46.3 Å². The summed E-state index contributed by atoms with van der Waals surface area (Å²) < 4.78 is 5.39. The van der Waals surface area contributed by atoms with Crippen LogP contribution in [-0.4, -0.2) is 22.7 Å². The number of nitriles is 1. The summed E-state index contributed by atoms with van der Waals surface area (Å²) in [6, 6.07) is 11.2. The van der Waals surface area contributed by atoms with Crippen LogP contribution < -0.4 is 5.63 Å². The lowest BCUT2D eigenvalue weighted by Gasteiger charge is -2.42. The van der Waals surface area contributed by atoms with Crippen molar-refractivity contribution in [3.8, 4) is 6.07 Å². The SMILES string of the molecule is CC(=NN1C(=O)C(C#N)CC2CCCCC21)c1cc2ccccc2oc1=O. The topological polar surface area (TPSA) is 86.7 Å². The molecule has 1 amide bonds. The fourth-order valence-corrected chi connectivity index (χ4v) is 4.27.